The van der Waals surface area contributed by atoms with Crippen molar-refractivity contribution in [3.05, 3.63) is 46.1 Å². The fourth-order valence-corrected chi connectivity index (χ4v) is 3.52. The molecule has 3 rings (SSSR count). The van der Waals surface area contributed by atoms with Gasteiger partial charge in [0, 0.05) is 17.3 Å². The highest BCUT2D eigenvalue weighted by molar-refractivity contribution is 7.18. The number of thiophene rings is 1. The molecule has 21 heavy (non-hydrogen) atoms. The van der Waals surface area contributed by atoms with Crippen LogP contribution in [-0.2, 0) is 13.0 Å². The highest BCUT2D eigenvalue weighted by Crippen LogP contribution is 2.22. The molecule has 0 bridgehead atoms. The van der Waals surface area contributed by atoms with E-state index in [1.165, 1.54) is 4.88 Å². The van der Waals surface area contributed by atoms with E-state index in [1.54, 1.807) is 28.4 Å². The molecule has 0 amide bonds. The van der Waals surface area contributed by atoms with Crippen LogP contribution in [0.1, 0.15) is 31.2 Å². The van der Waals surface area contributed by atoms with Crippen LogP contribution in [0.25, 0.3) is 10.2 Å². The van der Waals surface area contributed by atoms with Gasteiger partial charge in [0.15, 0.2) is 0 Å². The number of aromatic nitrogens is 4. The summed E-state index contributed by atoms with van der Waals surface area (Å²) in [6, 6.07) is 3.90. The number of fused-ring (bicyclic) bond motifs is 1. The lowest BCUT2D eigenvalue weighted by Gasteiger charge is -2.14. The van der Waals surface area contributed by atoms with E-state index < -0.39 is 0 Å². The van der Waals surface area contributed by atoms with E-state index in [-0.39, 0.29) is 11.6 Å². The van der Waals surface area contributed by atoms with Crippen molar-refractivity contribution in [2.45, 2.75) is 39.3 Å². The standard InChI is InChI=1S/C15H18N4OS/c1-3-5-12-8-13-14(21-12)16-10-19(15(13)20)11(2)9-18-7-4-6-17-18/h4,6-8,10-11H,3,5,9H2,1-2H3/t11-/m1/s1. The molecular formula is C15H18N4OS. The van der Waals surface area contributed by atoms with Crippen molar-refractivity contribution in [3.63, 3.8) is 0 Å². The Bertz CT molecular complexity index is 788. The van der Waals surface area contributed by atoms with Crippen LogP contribution in [-0.4, -0.2) is 19.3 Å². The molecule has 0 spiro atoms. The van der Waals surface area contributed by atoms with Gasteiger partial charge in [0.1, 0.15) is 4.83 Å². The van der Waals surface area contributed by atoms with E-state index in [1.807, 2.05) is 29.9 Å². The Hall–Kier alpha value is -1.95. The van der Waals surface area contributed by atoms with E-state index in [4.69, 9.17) is 0 Å². The van der Waals surface area contributed by atoms with Crippen LogP contribution < -0.4 is 5.56 Å². The Kier molecular flexibility index (Phi) is 3.88. The molecule has 6 heteroatoms. The minimum absolute atomic E-state index is 0.0174. The minimum atomic E-state index is 0.0174. The summed E-state index contributed by atoms with van der Waals surface area (Å²) in [5.41, 5.74) is 0.0401. The number of hydrogen-bond donors (Lipinski definition) is 0. The lowest BCUT2D eigenvalue weighted by molar-refractivity contribution is 0.426. The predicted octanol–water partition coefficient (Wildman–Crippen LogP) is 2.87. The monoisotopic (exact) mass is 302 g/mol. The first-order valence-corrected chi connectivity index (χ1v) is 7.97. The van der Waals surface area contributed by atoms with E-state index in [0.29, 0.717) is 6.54 Å². The van der Waals surface area contributed by atoms with Gasteiger partial charge in [-0.25, -0.2) is 4.98 Å². The van der Waals surface area contributed by atoms with Crippen molar-refractivity contribution in [1.29, 1.82) is 0 Å². The summed E-state index contributed by atoms with van der Waals surface area (Å²) < 4.78 is 3.53. The zero-order valence-corrected chi connectivity index (χ0v) is 13.0. The van der Waals surface area contributed by atoms with Gasteiger partial charge < -0.3 is 0 Å². The first-order chi connectivity index (χ1) is 10.2. The molecule has 0 saturated heterocycles. The van der Waals surface area contributed by atoms with Gasteiger partial charge in [0.2, 0.25) is 0 Å². The maximum Gasteiger partial charge on any atom is 0.262 e. The molecule has 5 nitrogen and oxygen atoms in total. The van der Waals surface area contributed by atoms with Gasteiger partial charge in [-0.15, -0.1) is 11.3 Å². The van der Waals surface area contributed by atoms with Crippen LogP contribution in [0.3, 0.4) is 0 Å². The van der Waals surface area contributed by atoms with Gasteiger partial charge >= 0.3 is 0 Å². The smallest absolute Gasteiger partial charge is 0.262 e. The van der Waals surface area contributed by atoms with Crippen LogP contribution in [0.2, 0.25) is 0 Å². The second-order valence-corrected chi connectivity index (χ2v) is 6.33. The van der Waals surface area contributed by atoms with Gasteiger partial charge in [0.25, 0.3) is 5.56 Å². The van der Waals surface area contributed by atoms with Crippen LogP contribution in [0, 0.1) is 0 Å². The summed E-state index contributed by atoms with van der Waals surface area (Å²) in [6.45, 7) is 4.81. The molecule has 0 fully saturated rings. The van der Waals surface area contributed by atoms with Gasteiger partial charge in [-0.05, 0) is 25.5 Å². The predicted molar refractivity (Wildman–Crippen MR) is 84.8 cm³/mol. The summed E-state index contributed by atoms with van der Waals surface area (Å²) in [7, 11) is 0. The topological polar surface area (TPSA) is 52.7 Å². The Morgan fingerprint density at radius 2 is 2.29 bits per heavy atom. The van der Waals surface area contributed by atoms with E-state index >= 15 is 0 Å². The van der Waals surface area contributed by atoms with E-state index in [9.17, 15) is 4.79 Å². The van der Waals surface area contributed by atoms with Crippen molar-refractivity contribution >= 4 is 21.6 Å². The van der Waals surface area contributed by atoms with Crippen LogP contribution in [0.4, 0.5) is 0 Å². The lowest BCUT2D eigenvalue weighted by Crippen LogP contribution is -2.26. The molecule has 3 aromatic heterocycles. The first-order valence-electron chi connectivity index (χ1n) is 7.16. The highest BCUT2D eigenvalue weighted by atomic mass is 32.1. The molecule has 0 saturated carbocycles. The summed E-state index contributed by atoms with van der Waals surface area (Å²) in [5, 5.41) is 4.92. The van der Waals surface area contributed by atoms with E-state index in [0.717, 1.165) is 23.1 Å². The molecule has 0 aliphatic carbocycles. The zero-order chi connectivity index (χ0) is 14.8. The van der Waals surface area contributed by atoms with Gasteiger partial charge in [-0.2, -0.15) is 5.10 Å². The van der Waals surface area contributed by atoms with Crippen molar-refractivity contribution in [3.8, 4) is 0 Å². The Labute approximate surface area is 126 Å². The third kappa shape index (κ3) is 2.76. The maximum absolute atomic E-state index is 12.6. The molecule has 0 radical (unpaired) electrons. The van der Waals surface area contributed by atoms with Crippen molar-refractivity contribution in [2.75, 3.05) is 0 Å². The van der Waals surface area contributed by atoms with Gasteiger partial charge in [-0.1, -0.05) is 13.3 Å². The van der Waals surface area contributed by atoms with Crippen LogP contribution >= 0.6 is 11.3 Å². The highest BCUT2D eigenvalue weighted by Gasteiger charge is 2.13. The Morgan fingerprint density at radius 1 is 1.43 bits per heavy atom. The molecule has 3 heterocycles. The number of rotatable bonds is 5. The summed E-state index contributed by atoms with van der Waals surface area (Å²) in [5.74, 6) is 0. The maximum atomic E-state index is 12.6. The lowest BCUT2D eigenvalue weighted by atomic mass is 10.2. The third-order valence-electron chi connectivity index (χ3n) is 3.51. The number of nitrogens with zero attached hydrogens (tertiary/aromatic N) is 4. The van der Waals surface area contributed by atoms with E-state index in [2.05, 4.69) is 17.0 Å². The average Bonchev–Trinajstić information content (AvgIpc) is 3.09. The third-order valence-corrected chi connectivity index (χ3v) is 4.61. The van der Waals surface area contributed by atoms with Crippen LogP contribution in [0.5, 0.6) is 0 Å². The fourth-order valence-electron chi connectivity index (χ4n) is 2.44. The van der Waals surface area contributed by atoms with Gasteiger partial charge in [-0.3, -0.25) is 14.0 Å². The molecule has 110 valence electrons. The molecule has 0 aliphatic heterocycles. The van der Waals surface area contributed by atoms with Crippen molar-refractivity contribution in [1.82, 2.24) is 19.3 Å². The molecular weight excluding hydrogens is 284 g/mol. The second kappa shape index (κ2) is 5.81. The molecule has 1 atom stereocenters. The summed E-state index contributed by atoms with van der Waals surface area (Å²) >= 11 is 1.62. The van der Waals surface area contributed by atoms with Crippen LogP contribution in [0.15, 0.2) is 35.6 Å². The van der Waals surface area contributed by atoms with Gasteiger partial charge in [0.05, 0.1) is 24.3 Å². The number of aryl methyl sites for hydroxylation is 1. The fraction of sp³-hybridized carbons (Fsp3) is 0.400. The SMILES string of the molecule is CCCc1cc2c(=O)n([C@H](C)Cn3cccn3)cnc2s1. The Balaban J connectivity index is 1.95. The summed E-state index contributed by atoms with van der Waals surface area (Å²) in [4.78, 5) is 19.1. The molecule has 0 aliphatic rings. The quantitative estimate of drug-likeness (QED) is 0.728. The zero-order valence-electron chi connectivity index (χ0n) is 12.2. The Morgan fingerprint density at radius 3 is 3.00 bits per heavy atom. The molecule has 0 unspecified atom stereocenters. The molecule has 0 aromatic carbocycles. The number of hydrogen-bond acceptors (Lipinski definition) is 4. The molecule has 3 aromatic rings. The minimum Gasteiger partial charge on any atom is -0.294 e. The normalized spacial score (nSPS) is 12.9. The second-order valence-electron chi connectivity index (χ2n) is 5.22. The average molecular weight is 302 g/mol. The summed E-state index contributed by atoms with van der Waals surface area (Å²) in [6.07, 6.45) is 7.38. The first kappa shape index (κ1) is 14.0. The van der Waals surface area contributed by atoms with Crippen molar-refractivity contribution < 1.29 is 0 Å². The largest absolute Gasteiger partial charge is 0.294 e. The van der Waals surface area contributed by atoms with Crippen molar-refractivity contribution in [2.24, 2.45) is 0 Å². The molecule has 0 N–H and O–H groups in total.